The van der Waals surface area contributed by atoms with Gasteiger partial charge in [-0.05, 0) is 6.07 Å². The van der Waals surface area contributed by atoms with Crippen LogP contribution in [0.4, 0.5) is 5.69 Å². The predicted octanol–water partition coefficient (Wildman–Crippen LogP) is 0.765. The summed E-state index contributed by atoms with van der Waals surface area (Å²) in [5.41, 5.74) is 7.42. The molecule has 2 radical (unpaired) electrons. The van der Waals surface area contributed by atoms with Crippen molar-refractivity contribution in [1.29, 1.82) is 0 Å². The van der Waals surface area contributed by atoms with Crippen molar-refractivity contribution >= 4 is 36.8 Å². The molecule has 12 heavy (non-hydrogen) atoms. The molecule has 0 heterocycles. The number of nitrogens with zero attached hydrogens (tertiary/aromatic N) is 1. The van der Waals surface area contributed by atoms with Crippen LogP contribution < -0.4 is 11.2 Å². The number of rotatable bonds is 1. The molecule has 0 fully saturated rings. The van der Waals surface area contributed by atoms with Gasteiger partial charge >= 0.3 is 0 Å². The Morgan fingerprint density at radius 1 is 1.58 bits per heavy atom. The van der Waals surface area contributed by atoms with Crippen molar-refractivity contribution in [3.05, 3.63) is 22.7 Å². The molecule has 4 heteroatoms. The van der Waals surface area contributed by atoms with Crippen LogP contribution >= 0.6 is 11.6 Å². The van der Waals surface area contributed by atoms with E-state index in [0.29, 0.717) is 21.7 Å². The van der Waals surface area contributed by atoms with E-state index in [1.165, 1.54) is 0 Å². The standard InChI is InChI=1S/C8H8BClN2/c1-12-4-5-7(11)3-2-6(9)8(5)10/h2-4H,11H2,1H3. The van der Waals surface area contributed by atoms with Crippen molar-refractivity contribution in [1.82, 2.24) is 0 Å². The maximum atomic E-state index is 5.88. The molecule has 0 aliphatic rings. The second kappa shape index (κ2) is 3.63. The summed E-state index contributed by atoms with van der Waals surface area (Å²) in [7, 11) is 7.22. The Hall–Kier alpha value is -0.955. The molecule has 0 spiro atoms. The fraction of sp³-hybridized carbons (Fsp3) is 0.125. The first-order chi connectivity index (χ1) is 5.66. The molecule has 0 aliphatic heterocycles. The van der Waals surface area contributed by atoms with E-state index in [9.17, 15) is 0 Å². The Morgan fingerprint density at radius 3 is 2.83 bits per heavy atom. The predicted molar refractivity (Wildman–Crippen MR) is 54.8 cm³/mol. The van der Waals surface area contributed by atoms with E-state index in [4.69, 9.17) is 25.2 Å². The van der Waals surface area contributed by atoms with Gasteiger partial charge in [0.2, 0.25) is 0 Å². The molecule has 60 valence electrons. The van der Waals surface area contributed by atoms with Crippen LogP contribution in [0.5, 0.6) is 0 Å². The number of benzene rings is 1. The molecule has 0 saturated heterocycles. The lowest BCUT2D eigenvalue weighted by molar-refractivity contribution is 1.46. The zero-order valence-corrected chi connectivity index (χ0v) is 7.47. The minimum Gasteiger partial charge on any atom is -0.398 e. The van der Waals surface area contributed by atoms with Gasteiger partial charge in [-0.3, -0.25) is 4.99 Å². The van der Waals surface area contributed by atoms with Crippen LogP contribution in [-0.4, -0.2) is 21.1 Å². The molecule has 0 aliphatic carbocycles. The molecule has 1 aromatic carbocycles. The van der Waals surface area contributed by atoms with Crippen LogP contribution in [0, 0.1) is 0 Å². The molecule has 1 aromatic rings. The Morgan fingerprint density at radius 2 is 2.25 bits per heavy atom. The number of anilines is 1. The summed E-state index contributed by atoms with van der Waals surface area (Å²) in [5.74, 6) is 0. The molecular formula is C8H8BClN2. The van der Waals surface area contributed by atoms with Crippen LogP contribution in [0.15, 0.2) is 17.1 Å². The maximum absolute atomic E-state index is 5.88. The first-order valence-corrected chi connectivity index (χ1v) is 3.80. The zero-order valence-electron chi connectivity index (χ0n) is 6.71. The highest BCUT2D eigenvalue weighted by atomic mass is 35.5. The quantitative estimate of drug-likeness (QED) is 0.385. The third-order valence-electron chi connectivity index (χ3n) is 1.50. The summed E-state index contributed by atoms with van der Waals surface area (Å²) in [4.78, 5) is 3.82. The van der Waals surface area contributed by atoms with Gasteiger partial charge in [-0.15, -0.1) is 0 Å². The normalized spacial score (nSPS) is 10.8. The van der Waals surface area contributed by atoms with Crippen LogP contribution in [0.2, 0.25) is 5.02 Å². The molecule has 1 rings (SSSR count). The molecule has 0 bridgehead atoms. The molecule has 0 saturated carbocycles. The molecular weight excluding hydrogens is 170 g/mol. The topological polar surface area (TPSA) is 38.4 Å². The third kappa shape index (κ3) is 1.61. The number of aliphatic imine (C=N–C) groups is 1. The largest absolute Gasteiger partial charge is 0.398 e. The van der Waals surface area contributed by atoms with Gasteiger partial charge in [0.25, 0.3) is 0 Å². The number of nitrogen functional groups attached to an aromatic ring is 1. The number of hydrogen-bond donors (Lipinski definition) is 1. The van der Waals surface area contributed by atoms with Crippen molar-refractivity contribution in [3.63, 3.8) is 0 Å². The van der Waals surface area contributed by atoms with Gasteiger partial charge in [-0.2, -0.15) is 0 Å². The van der Waals surface area contributed by atoms with E-state index in [0.717, 1.165) is 0 Å². The number of hydrogen-bond acceptors (Lipinski definition) is 2. The van der Waals surface area contributed by atoms with Gasteiger partial charge in [0, 0.05) is 29.5 Å². The molecule has 0 unspecified atom stereocenters. The minimum atomic E-state index is 0.459. The van der Waals surface area contributed by atoms with Gasteiger partial charge in [0.15, 0.2) is 0 Å². The van der Waals surface area contributed by atoms with Crippen LogP contribution in [0.1, 0.15) is 5.56 Å². The second-order valence-corrected chi connectivity index (χ2v) is 2.74. The summed E-state index contributed by atoms with van der Waals surface area (Å²) in [6.45, 7) is 0. The third-order valence-corrected chi connectivity index (χ3v) is 1.92. The Balaban J connectivity index is 3.32. The summed E-state index contributed by atoms with van der Waals surface area (Å²) in [6, 6.07) is 3.38. The van der Waals surface area contributed by atoms with Crippen molar-refractivity contribution in [2.24, 2.45) is 4.99 Å². The van der Waals surface area contributed by atoms with Gasteiger partial charge < -0.3 is 5.73 Å². The lowest BCUT2D eigenvalue weighted by Gasteiger charge is -2.05. The van der Waals surface area contributed by atoms with Gasteiger partial charge in [-0.25, -0.2) is 0 Å². The van der Waals surface area contributed by atoms with E-state index >= 15 is 0 Å². The average molecular weight is 178 g/mol. The van der Waals surface area contributed by atoms with E-state index in [2.05, 4.69) is 4.99 Å². The molecule has 2 N–H and O–H groups in total. The highest BCUT2D eigenvalue weighted by Crippen LogP contribution is 2.17. The Labute approximate surface area is 77.9 Å². The molecule has 0 aromatic heterocycles. The van der Waals surface area contributed by atoms with Gasteiger partial charge in [0.05, 0.1) is 0 Å². The lowest BCUT2D eigenvalue weighted by atomic mass is 9.93. The molecule has 2 nitrogen and oxygen atoms in total. The van der Waals surface area contributed by atoms with Gasteiger partial charge in [-0.1, -0.05) is 23.1 Å². The van der Waals surface area contributed by atoms with Crippen molar-refractivity contribution < 1.29 is 0 Å². The lowest BCUT2D eigenvalue weighted by Crippen LogP contribution is -2.08. The Bertz CT molecular complexity index is 323. The van der Waals surface area contributed by atoms with Crippen LogP contribution in [0.3, 0.4) is 0 Å². The van der Waals surface area contributed by atoms with Crippen molar-refractivity contribution in [2.45, 2.75) is 0 Å². The highest BCUT2D eigenvalue weighted by molar-refractivity contribution is 6.46. The zero-order chi connectivity index (χ0) is 9.14. The SMILES string of the molecule is [B]c1ccc(N)c(C=NC)c1Cl. The number of nitrogens with two attached hydrogens (primary N) is 1. The smallest absolute Gasteiger partial charge is 0.115 e. The minimum absolute atomic E-state index is 0.459. The van der Waals surface area contributed by atoms with E-state index in [1.54, 1.807) is 25.4 Å². The monoisotopic (exact) mass is 178 g/mol. The van der Waals surface area contributed by atoms with Crippen LogP contribution in [0.25, 0.3) is 0 Å². The average Bonchev–Trinajstić information content (AvgIpc) is 2.06. The first-order valence-electron chi connectivity index (χ1n) is 3.42. The van der Waals surface area contributed by atoms with Crippen molar-refractivity contribution in [2.75, 3.05) is 12.8 Å². The summed E-state index contributed by atoms with van der Waals surface area (Å²) < 4.78 is 0. The van der Waals surface area contributed by atoms with E-state index in [-0.39, 0.29) is 0 Å². The first kappa shape index (κ1) is 9.14. The van der Waals surface area contributed by atoms with Gasteiger partial charge in [0.1, 0.15) is 7.85 Å². The second-order valence-electron chi connectivity index (χ2n) is 2.36. The summed E-state index contributed by atoms with van der Waals surface area (Å²) in [6.07, 6.45) is 1.59. The fourth-order valence-corrected chi connectivity index (χ4v) is 1.11. The van der Waals surface area contributed by atoms with E-state index in [1.807, 2.05) is 0 Å². The fourth-order valence-electron chi connectivity index (χ4n) is 0.885. The van der Waals surface area contributed by atoms with E-state index < -0.39 is 0 Å². The molecule has 0 atom stereocenters. The number of halogens is 1. The Kier molecular flexibility index (Phi) is 2.76. The highest BCUT2D eigenvalue weighted by Gasteiger charge is 2.03. The summed E-state index contributed by atoms with van der Waals surface area (Å²) >= 11 is 5.88. The summed E-state index contributed by atoms with van der Waals surface area (Å²) in [5, 5.41) is 0.459. The van der Waals surface area contributed by atoms with Crippen LogP contribution in [-0.2, 0) is 0 Å². The maximum Gasteiger partial charge on any atom is 0.115 e. The van der Waals surface area contributed by atoms with Crippen molar-refractivity contribution in [3.8, 4) is 0 Å². The molecule has 0 amide bonds.